The lowest BCUT2D eigenvalue weighted by atomic mass is 9.85. The number of rotatable bonds is 1. The molecular formula is C25H16O8. The van der Waals surface area contributed by atoms with Gasteiger partial charge >= 0.3 is 5.97 Å². The van der Waals surface area contributed by atoms with Gasteiger partial charge < -0.3 is 24.1 Å². The summed E-state index contributed by atoms with van der Waals surface area (Å²) in [5.74, 6) is -2.46. The average Bonchev–Trinajstić information content (AvgIpc) is 3.17. The molecule has 0 amide bonds. The Morgan fingerprint density at radius 2 is 1.79 bits per heavy atom. The number of carbonyl (C=O) groups excluding carboxylic acids is 3. The number of fused-ring (bicyclic) bond motifs is 7. The molecule has 2 heterocycles. The molecule has 0 fully saturated rings. The third kappa shape index (κ3) is 2.37. The molecule has 33 heavy (non-hydrogen) atoms. The van der Waals surface area contributed by atoms with E-state index in [-0.39, 0.29) is 67.7 Å². The first-order valence-corrected chi connectivity index (χ1v) is 10.3. The van der Waals surface area contributed by atoms with Crippen LogP contribution < -0.4 is 4.74 Å². The second-order valence-electron chi connectivity index (χ2n) is 8.22. The van der Waals surface area contributed by atoms with Gasteiger partial charge in [-0.3, -0.25) is 9.59 Å². The molecule has 0 saturated carbocycles. The summed E-state index contributed by atoms with van der Waals surface area (Å²) in [5.41, 5.74) is 0.526. The monoisotopic (exact) mass is 444 g/mol. The molecule has 0 spiro atoms. The Morgan fingerprint density at radius 3 is 2.55 bits per heavy atom. The first-order chi connectivity index (χ1) is 15.8. The molecule has 1 atom stereocenters. The Bertz CT molecular complexity index is 1590. The van der Waals surface area contributed by atoms with Crippen LogP contribution in [0.3, 0.4) is 0 Å². The number of methoxy groups -OCH3 is 1. The van der Waals surface area contributed by atoms with Gasteiger partial charge in [0.05, 0.1) is 29.0 Å². The molecule has 0 radical (unpaired) electrons. The fourth-order valence-corrected chi connectivity index (χ4v) is 4.89. The molecule has 1 aromatic heterocycles. The summed E-state index contributed by atoms with van der Waals surface area (Å²) in [7, 11) is 1.41. The molecular weight excluding hydrogens is 428 g/mol. The number of phenols is 2. The van der Waals surface area contributed by atoms with Crippen molar-refractivity contribution in [1.29, 1.82) is 0 Å². The highest BCUT2D eigenvalue weighted by Gasteiger charge is 2.39. The van der Waals surface area contributed by atoms with Crippen LogP contribution in [0.1, 0.15) is 54.9 Å². The lowest BCUT2D eigenvalue weighted by Gasteiger charge is -2.23. The van der Waals surface area contributed by atoms with Gasteiger partial charge in [0.2, 0.25) is 11.6 Å². The van der Waals surface area contributed by atoms with Gasteiger partial charge in [-0.05, 0) is 42.1 Å². The molecule has 1 aliphatic carbocycles. The van der Waals surface area contributed by atoms with Crippen molar-refractivity contribution < 1.29 is 38.5 Å². The fraction of sp³-hybridized carbons (Fsp3) is 0.160. The summed E-state index contributed by atoms with van der Waals surface area (Å²) in [6, 6.07) is 7.60. The highest BCUT2D eigenvalue weighted by Crippen LogP contribution is 2.47. The van der Waals surface area contributed by atoms with E-state index in [0.717, 1.165) is 0 Å². The zero-order valence-corrected chi connectivity index (χ0v) is 17.5. The Hall–Kier alpha value is -4.33. The summed E-state index contributed by atoms with van der Waals surface area (Å²) in [5, 5.41) is 22.3. The molecule has 8 heteroatoms. The highest BCUT2D eigenvalue weighted by atomic mass is 16.5. The number of carbonyl (C=O) groups is 3. The average molecular weight is 444 g/mol. The van der Waals surface area contributed by atoms with Gasteiger partial charge in [0.1, 0.15) is 28.9 Å². The molecule has 2 aliphatic rings. The Morgan fingerprint density at radius 1 is 1.00 bits per heavy atom. The lowest BCUT2D eigenvalue weighted by Crippen LogP contribution is -2.25. The molecule has 1 unspecified atom stereocenters. The van der Waals surface area contributed by atoms with Crippen molar-refractivity contribution in [3.05, 3.63) is 63.9 Å². The number of cyclic esters (lactones) is 1. The molecule has 8 nitrogen and oxygen atoms in total. The summed E-state index contributed by atoms with van der Waals surface area (Å²) in [6.07, 6.45) is 0.0790. The Labute approximate surface area is 185 Å². The van der Waals surface area contributed by atoms with Crippen LogP contribution in [-0.4, -0.2) is 41.0 Å². The predicted octanol–water partition coefficient (Wildman–Crippen LogP) is 3.88. The van der Waals surface area contributed by atoms with Crippen molar-refractivity contribution in [2.75, 3.05) is 7.11 Å². The maximum Gasteiger partial charge on any atom is 0.342 e. The number of benzene rings is 3. The van der Waals surface area contributed by atoms with Crippen LogP contribution in [0.2, 0.25) is 0 Å². The topological polar surface area (TPSA) is 123 Å². The molecule has 0 bridgehead atoms. The van der Waals surface area contributed by atoms with Gasteiger partial charge in [-0.15, -0.1) is 0 Å². The Kier molecular flexibility index (Phi) is 3.73. The molecule has 6 rings (SSSR count). The number of phenolic OH excluding ortho intramolecular Hbond substituents is 2. The van der Waals surface area contributed by atoms with Gasteiger partial charge in [-0.2, -0.15) is 0 Å². The quantitative estimate of drug-likeness (QED) is 0.374. The van der Waals surface area contributed by atoms with E-state index in [0.29, 0.717) is 17.4 Å². The van der Waals surface area contributed by atoms with E-state index >= 15 is 0 Å². The summed E-state index contributed by atoms with van der Waals surface area (Å²) < 4.78 is 16.7. The van der Waals surface area contributed by atoms with Gasteiger partial charge in [-0.25, -0.2) is 4.79 Å². The van der Waals surface area contributed by atoms with E-state index in [2.05, 4.69) is 0 Å². The molecule has 1 aliphatic heterocycles. The van der Waals surface area contributed by atoms with Crippen molar-refractivity contribution in [3.63, 3.8) is 0 Å². The van der Waals surface area contributed by atoms with E-state index in [1.165, 1.54) is 25.3 Å². The minimum absolute atomic E-state index is 0.0222. The van der Waals surface area contributed by atoms with Gasteiger partial charge in [0.25, 0.3) is 0 Å². The third-order valence-electron chi connectivity index (χ3n) is 6.27. The molecule has 0 saturated heterocycles. The second kappa shape index (κ2) is 6.35. The van der Waals surface area contributed by atoms with Crippen molar-refractivity contribution in [2.45, 2.75) is 19.4 Å². The van der Waals surface area contributed by atoms with Gasteiger partial charge in [-0.1, -0.05) is 6.07 Å². The Balaban J connectivity index is 1.76. The van der Waals surface area contributed by atoms with E-state index in [1.54, 1.807) is 19.1 Å². The largest absolute Gasteiger partial charge is 0.507 e. The van der Waals surface area contributed by atoms with Crippen LogP contribution >= 0.6 is 0 Å². The van der Waals surface area contributed by atoms with Crippen molar-refractivity contribution in [3.8, 4) is 17.2 Å². The maximum atomic E-state index is 13.4. The van der Waals surface area contributed by atoms with E-state index in [1.807, 2.05) is 0 Å². The number of ketones is 2. The van der Waals surface area contributed by atoms with E-state index in [4.69, 9.17) is 13.9 Å². The van der Waals surface area contributed by atoms with E-state index in [9.17, 15) is 24.6 Å². The zero-order chi connectivity index (χ0) is 23.2. The number of furan rings is 1. The van der Waals surface area contributed by atoms with Crippen molar-refractivity contribution in [2.24, 2.45) is 0 Å². The fourth-order valence-electron chi connectivity index (χ4n) is 4.89. The smallest absolute Gasteiger partial charge is 0.342 e. The minimum Gasteiger partial charge on any atom is -0.507 e. The normalized spacial score (nSPS) is 17.0. The standard InChI is InChI=1S/C25H16O8/c1-9-6-10-7-11-8-14(31-2)18-19-22(29)17-12(4-3-5-13(17)26)20(27)24(19)33-23(18)15(11)21(28)16(10)25(30)32-9/h3-5,7-9,26,28H,6H2,1-2H3. The van der Waals surface area contributed by atoms with Crippen LogP contribution in [0.5, 0.6) is 17.2 Å². The summed E-state index contributed by atoms with van der Waals surface area (Å²) in [6.45, 7) is 1.76. The number of esters is 1. The summed E-state index contributed by atoms with van der Waals surface area (Å²) >= 11 is 0. The van der Waals surface area contributed by atoms with Crippen LogP contribution in [0.25, 0.3) is 21.7 Å². The number of ether oxygens (including phenoxy) is 2. The van der Waals surface area contributed by atoms with Crippen LogP contribution in [0.4, 0.5) is 0 Å². The SMILES string of the molecule is COc1cc2cc3c(c(O)c2c2oc4c(c12)C(=O)c1c(O)cccc1C4=O)C(=O)OC(C)C3. The van der Waals surface area contributed by atoms with Crippen LogP contribution in [0.15, 0.2) is 34.7 Å². The van der Waals surface area contributed by atoms with Gasteiger partial charge in [0, 0.05) is 12.0 Å². The highest BCUT2D eigenvalue weighted by molar-refractivity contribution is 6.34. The van der Waals surface area contributed by atoms with E-state index < -0.39 is 17.5 Å². The third-order valence-corrected chi connectivity index (χ3v) is 6.27. The molecule has 4 aromatic rings. The maximum absolute atomic E-state index is 13.4. The molecule has 3 aromatic carbocycles. The van der Waals surface area contributed by atoms with Crippen LogP contribution in [-0.2, 0) is 11.2 Å². The summed E-state index contributed by atoms with van der Waals surface area (Å²) in [4.78, 5) is 39.1. The molecule has 164 valence electrons. The van der Waals surface area contributed by atoms with Crippen molar-refractivity contribution in [1.82, 2.24) is 0 Å². The predicted molar refractivity (Wildman–Crippen MR) is 115 cm³/mol. The lowest BCUT2D eigenvalue weighted by molar-refractivity contribution is 0.0297. The number of aromatic hydroxyl groups is 2. The molecule has 2 N–H and O–H groups in total. The first-order valence-electron chi connectivity index (χ1n) is 10.3. The van der Waals surface area contributed by atoms with Gasteiger partial charge in [0.15, 0.2) is 11.3 Å². The zero-order valence-electron chi connectivity index (χ0n) is 17.5. The number of hydrogen-bond donors (Lipinski definition) is 2. The van der Waals surface area contributed by atoms with Crippen molar-refractivity contribution >= 4 is 39.3 Å². The number of hydrogen-bond acceptors (Lipinski definition) is 8. The van der Waals surface area contributed by atoms with Crippen LogP contribution in [0, 0.1) is 0 Å². The second-order valence-corrected chi connectivity index (χ2v) is 8.22. The first kappa shape index (κ1) is 19.4. The minimum atomic E-state index is -0.659.